The molecule has 7 nitrogen and oxygen atoms in total. The van der Waals surface area contributed by atoms with Crippen LogP contribution in [0.5, 0.6) is 11.5 Å². The van der Waals surface area contributed by atoms with Crippen LogP contribution in [0.3, 0.4) is 0 Å². The third-order valence-electron chi connectivity index (χ3n) is 3.33. The van der Waals surface area contributed by atoms with Gasteiger partial charge < -0.3 is 21.3 Å². The number of nitrogens with two attached hydrogens (primary N) is 2. The van der Waals surface area contributed by atoms with Gasteiger partial charge in [0.05, 0.1) is 5.69 Å². The number of aromatic nitrogens is 1. The molecule has 0 aliphatic carbocycles. The zero-order valence-corrected chi connectivity index (χ0v) is 12.0. The summed E-state index contributed by atoms with van der Waals surface area (Å²) in [4.78, 5) is 14.8. The average Bonchev–Trinajstić information content (AvgIpc) is 2.53. The van der Waals surface area contributed by atoms with Crippen LogP contribution >= 0.6 is 0 Å². The molecule has 0 atom stereocenters. The first-order chi connectivity index (χ1) is 11.1. The number of benzene rings is 2. The summed E-state index contributed by atoms with van der Waals surface area (Å²) in [6, 6.07) is 12.2. The number of anilines is 3. The smallest absolute Gasteiger partial charge is 0.409 e. The van der Waals surface area contributed by atoms with Crippen LogP contribution in [0.1, 0.15) is 0 Å². The molecule has 6 N–H and O–H groups in total. The van der Waals surface area contributed by atoms with Crippen molar-refractivity contribution in [3.05, 3.63) is 48.7 Å². The molecule has 2 aromatic carbocycles. The summed E-state index contributed by atoms with van der Waals surface area (Å²) in [5.74, 6) is 1.12. The lowest BCUT2D eigenvalue weighted by molar-refractivity contribution is 0.210. The predicted molar refractivity (Wildman–Crippen MR) is 88.7 cm³/mol. The van der Waals surface area contributed by atoms with Crippen molar-refractivity contribution >= 4 is 34.1 Å². The van der Waals surface area contributed by atoms with Gasteiger partial charge in [-0.05, 0) is 12.1 Å². The third kappa shape index (κ3) is 2.80. The van der Waals surface area contributed by atoms with E-state index in [0.717, 1.165) is 5.39 Å². The summed E-state index contributed by atoms with van der Waals surface area (Å²) in [7, 11) is 0. The second kappa shape index (κ2) is 5.72. The largest absolute Gasteiger partial charge is 0.465 e. The van der Waals surface area contributed by atoms with Gasteiger partial charge in [-0.25, -0.2) is 9.78 Å². The number of nitrogen functional groups attached to an aromatic ring is 2. The molecule has 0 saturated carbocycles. The highest BCUT2D eigenvalue weighted by molar-refractivity contribution is 6.02. The Morgan fingerprint density at radius 3 is 2.52 bits per heavy atom. The van der Waals surface area contributed by atoms with Gasteiger partial charge >= 0.3 is 6.09 Å². The van der Waals surface area contributed by atoms with Crippen LogP contribution < -0.4 is 21.5 Å². The third-order valence-corrected chi connectivity index (χ3v) is 3.33. The van der Waals surface area contributed by atoms with E-state index in [9.17, 15) is 4.79 Å². The van der Waals surface area contributed by atoms with E-state index in [0.29, 0.717) is 22.6 Å². The molecular weight excluding hydrogens is 296 g/mol. The molecule has 23 heavy (non-hydrogen) atoms. The van der Waals surface area contributed by atoms with Crippen LogP contribution in [0.4, 0.5) is 22.0 Å². The van der Waals surface area contributed by atoms with Crippen molar-refractivity contribution in [2.24, 2.45) is 0 Å². The number of amides is 1. The van der Waals surface area contributed by atoms with Gasteiger partial charge in [0, 0.05) is 23.0 Å². The Kier molecular flexibility index (Phi) is 3.60. The molecule has 1 heterocycles. The van der Waals surface area contributed by atoms with Crippen molar-refractivity contribution in [1.82, 2.24) is 4.98 Å². The molecule has 0 fully saturated rings. The minimum absolute atomic E-state index is 0.191. The van der Waals surface area contributed by atoms with Gasteiger partial charge in [-0.1, -0.05) is 24.3 Å². The minimum Gasteiger partial charge on any atom is -0.465 e. The Hall–Kier alpha value is -3.48. The summed E-state index contributed by atoms with van der Waals surface area (Å²) < 4.78 is 5.84. The van der Waals surface area contributed by atoms with Crippen LogP contribution in [0, 0.1) is 0 Å². The molecule has 0 unspecified atom stereocenters. The normalized spacial score (nSPS) is 10.4. The summed E-state index contributed by atoms with van der Waals surface area (Å²) >= 11 is 0. The van der Waals surface area contributed by atoms with Crippen molar-refractivity contribution in [2.45, 2.75) is 0 Å². The number of nitrogens with one attached hydrogen (secondary N) is 1. The van der Waals surface area contributed by atoms with Crippen molar-refractivity contribution in [2.75, 3.05) is 16.8 Å². The van der Waals surface area contributed by atoms with Crippen LogP contribution in [0.2, 0.25) is 0 Å². The van der Waals surface area contributed by atoms with E-state index in [-0.39, 0.29) is 11.5 Å². The highest BCUT2D eigenvalue weighted by Gasteiger charge is 2.11. The lowest BCUT2D eigenvalue weighted by Gasteiger charge is -2.13. The maximum atomic E-state index is 10.9. The first kappa shape index (κ1) is 14.5. The molecule has 0 radical (unpaired) electrons. The summed E-state index contributed by atoms with van der Waals surface area (Å²) in [5.41, 5.74) is 12.3. The monoisotopic (exact) mass is 310 g/mol. The molecule has 3 aromatic rings. The standard InChI is InChI=1S/C16H14N4O3/c17-14-13(7-8-19-15(14)18)23-12-6-5-11(20-16(21)22)9-3-1-2-4-10(9)12/h1-8,20H,17H2,(H2,18,19)(H,21,22). The lowest BCUT2D eigenvalue weighted by atomic mass is 10.1. The zero-order valence-electron chi connectivity index (χ0n) is 12.0. The van der Waals surface area contributed by atoms with Gasteiger partial charge in [-0.2, -0.15) is 0 Å². The van der Waals surface area contributed by atoms with E-state index >= 15 is 0 Å². The number of hydrogen-bond acceptors (Lipinski definition) is 5. The van der Waals surface area contributed by atoms with Crippen LogP contribution in [-0.2, 0) is 0 Å². The molecule has 0 bridgehead atoms. The Bertz CT molecular complexity index is 896. The number of fused-ring (bicyclic) bond motifs is 1. The van der Waals surface area contributed by atoms with Crippen LogP contribution in [0.25, 0.3) is 10.8 Å². The van der Waals surface area contributed by atoms with E-state index < -0.39 is 6.09 Å². The quantitative estimate of drug-likeness (QED) is 0.588. The Morgan fingerprint density at radius 1 is 1.04 bits per heavy atom. The van der Waals surface area contributed by atoms with Gasteiger partial charge in [0.2, 0.25) is 0 Å². The van der Waals surface area contributed by atoms with E-state index in [4.69, 9.17) is 21.3 Å². The summed E-state index contributed by atoms with van der Waals surface area (Å²) in [6.45, 7) is 0. The predicted octanol–water partition coefficient (Wildman–Crippen LogP) is 3.28. The molecule has 0 aliphatic rings. The lowest BCUT2D eigenvalue weighted by Crippen LogP contribution is -2.07. The average molecular weight is 310 g/mol. The van der Waals surface area contributed by atoms with Crippen molar-refractivity contribution in [3.8, 4) is 11.5 Å². The van der Waals surface area contributed by atoms with Gasteiger partial charge in [0.1, 0.15) is 17.3 Å². The zero-order chi connectivity index (χ0) is 16.4. The molecule has 116 valence electrons. The second-order valence-electron chi connectivity index (χ2n) is 4.80. The summed E-state index contributed by atoms with van der Waals surface area (Å²) in [6.07, 6.45) is 0.374. The molecule has 0 saturated heterocycles. The fourth-order valence-electron chi connectivity index (χ4n) is 2.26. The molecule has 0 spiro atoms. The van der Waals surface area contributed by atoms with Crippen molar-refractivity contribution in [1.29, 1.82) is 0 Å². The summed E-state index contributed by atoms with van der Waals surface area (Å²) in [5, 5.41) is 12.7. The van der Waals surface area contributed by atoms with Gasteiger partial charge in [-0.3, -0.25) is 5.32 Å². The first-order valence-electron chi connectivity index (χ1n) is 6.76. The number of rotatable bonds is 3. The molecule has 1 amide bonds. The molecule has 3 rings (SSSR count). The van der Waals surface area contributed by atoms with Crippen LogP contribution in [-0.4, -0.2) is 16.2 Å². The van der Waals surface area contributed by atoms with E-state index in [2.05, 4.69) is 10.3 Å². The van der Waals surface area contributed by atoms with Gasteiger partial charge in [0.25, 0.3) is 0 Å². The number of hydrogen-bond donors (Lipinski definition) is 4. The van der Waals surface area contributed by atoms with Gasteiger partial charge in [0.15, 0.2) is 5.75 Å². The molecule has 1 aromatic heterocycles. The highest BCUT2D eigenvalue weighted by Crippen LogP contribution is 2.36. The number of carboxylic acid groups (broad SMARTS) is 1. The Balaban J connectivity index is 2.08. The van der Waals surface area contributed by atoms with Gasteiger partial charge in [-0.15, -0.1) is 0 Å². The molecule has 0 aliphatic heterocycles. The highest BCUT2D eigenvalue weighted by atomic mass is 16.5. The number of ether oxygens (including phenoxy) is 1. The SMILES string of the molecule is Nc1nccc(Oc2ccc(NC(=O)O)c3ccccc23)c1N. The minimum atomic E-state index is -1.13. The van der Waals surface area contributed by atoms with E-state index in [1.165, 1.54) is 6.20 Å². The second-order valence-corrected chi connectivity index (χ2v) is 4.80. The Morgan fingerprint density at radius 2 is 1.78 bits per heavy atom. The molecule has 7 heteroatoms. The van der Waals surface area contributed by atoms with E-state index in [1.54, 1.807) is 24.3 Å². The topological polar surface area (TPSA) is 123 Å². The van der Waals surface area contributed by atoms with E-state index in [1.807, 2.05) is 18.2 Å². The fraction of sp³-hybridized carbons (Fsp3) is 0. The molecular formula is C16H14N4O3. The number of pyridine rings is 1. The maximum Gasteiger partial charge on any atom is 0.409 e. The van der Waals surface area contributed by atoms with Crippen molar-refractivity contribution in [3.63, 3.8) is 0 Å². The fourth-order valence-corrected chi connectivity index (χ4v) is 2.26. The number of carbonyl (C=O) groups is 1. The maximum absolute atomic E-state index is 10.9. The number of nitrogens with zero attached hydrogens (tertiary/aromatic N) is 1. The first-order valence-corrected chi connectivity index (χ1v) is 6.76. The van der Waals surface area contributed by atoms with Crippen molar-refractivity contribution < 1.29 is 14.6 Å². The van der Waals surface area contributed by atoms with Crippen LogP contribution in [0.15, 0.2) is 48.7 Å². The Labute approximate surface area is 131 Å².